The average molecular weight is 575 g/mol. The van der Waals surface area contributed by atoms with E-state index >= 15 is 0 Å². The van der Waals surface area contributed by atoms with Gasteiger partial charge in [0.05, 0.1) is 5.56 Å². The number of amides is 1. The number of benzene rings is 4. The molecule has 0 saturated heterocycles. The van der Waals surface area contributed by atoms with Crippen molar-refractivity contribution in [1.82, 2.24) is 5.32 Å². The number of nitrogens with one attached hydrogen (secondary N) is 1. The summed E-state index contributed by atoms with van der Waals surface area (Å²) in [6, 6.07) is 26.2. The van der Waals surface area contributed by atoms with Crippen molar-refractivity contribution >= 4 is 17.6 Å². The van der Waals surface area contributed by atoms with E-state index in [1.165, 1.54) is 18.2 Å². The van der Waals surface area contributed by atoms with Crippen LogP contribution in [0.3, 0.4) is 0 Å². The second kappa shape index (κ2) is 12.4. The number of carbonyl (C=O) groups is 2. The monoisotopic (exact) mass is 574 g/mol. The number of fused-ring (bicyclic) bond motifs is 1. The molecule has 9 heteroatoms. The SMILES string of the molecule is O=C(NCCc1cccc(OC(F)(F)F)c1)c1ccc2c(c1)CCCN2Cc1ccc(-c2ccccc2C(=O)O)cc1. The summed E-state index contributed by atoms with van der Waals surface area (Å²) < 4.78 is 41.4. The molecule has 0 unspecified atom stereocenters. The lowest BCUT2D eigenvalue weighted by molar-refractivity contribution is -0.274. The minimum absolute atomic E-state index is 0.241. The second-order valence-electron chi connectivity index (χ2n) is 10.1. The highest BCUT2D eigenvalue weighted by molar-refractivity contribution is 5.96. The Kier molecular flexibility index (Phi) is 8.47. The zero-order chi connectivity index (χ0) is 29.7. The van der Waals surface area contributed by atoms with Crippen molar-refractivity contribution in [1.29, 1.82) is 0 Å². The van der Waals surface area contributed by atoms with Crippen LogP contribution in [0.15, 0.2) is 91.0 Å². The molecule has 6 nitrogen and oxygen atoms in total. The van der Waals surface area contributed by atoms with E-state index < -0.39 is 12.3 Å². The van der Waals surface area contributed by atoms with Crippen LogP contribution in [-0.2, 0) is 19.4 Å². The molecule has 0 aliphatic carbocycles. The smallest absolute Gasteiger partial charge is 0.478 e. The highest BCUT2D eigenvalue weighted by atomic mass is 19.4. The van der Waals surface area contributed by atoms with Gasteiger partial charge in [0.2, 0.25) is 0 Å². The molecule has 1 aliphatic rings. The van der Waals surface area contributed by atoms with Crippen molar-refractivity contribution in [2.75, 3.05) is 18.0 Å². The van der Waals surface area contributed by atoms with Gasteiger partial charge in [-0.05, 0) is 83.5 Å². The Labute approximate surface area is 241 Å². The molecule has 4 aromatic rings. The number of nitrogens with zero attached hydrogens (tertiary/aromatic N) is 1. The fourth-order valence-corrected chi connectivity index (χ4v) is 5.23. The minimum atomic E-state index is -4.75. The van der Waals surface area contributed by atoms with Crippen LogP contribution in [0.1, 0.15) is 43.8 Å². The van der Waals surface area contributed by atoms with Crippen LogP contribution in [0.2, 0.25) is 0 Å². The van der Waals surface area contributed by atoms with Crippen LogP contribution >= 0.6 is 0 Å². The molecule has 0 bridgehead atoms. The molecule has 2 N–H and O–H groups in total. The Morgan fingerprint density at radius 1 is 0.905 bits per heavy atom. The minimum Gasteiger partial charge on any atom is -0.478 e. The van der Waals surface area contributed by atoms with E-state index in [1.807, 2.05) is 42.5 Å². The number of aromatic carboxylic acids is 1. The van der Waals surface area contributed by atoms with Gasteiger partial charge in [0, 0.05) is 30.9 Å². The van der Waals surface area contributed by atoms with E-state index in [-0.39, 0.29) is 23.8 Å². The number of rotatable bonds is 9. The lowest BCUT2D eigenvalue weighted by Gasteiger charge is -2.31. The van der Waals surface area contributed by atoms with Gasteiger partial charge in [-0.1, -0.05) is 54.6 Å². The molecule has 1 amide bonds. The van der Waals surface area contributed by atoms with Gasteiger partial charge < -0.3 is 20.1 Å². The molecule has 0 spiro atoms. The highest BCUT2D eigenvalue weighted by Gasteiger charge is 2.31. The van der Waals surface area contributed by atoms with Crippen molar-refractivity contribution in [3.8, 4) is 16.9 Å². The summed E-state index contributed by atoms with van der Waals surface area (Å²) >= 11 is 0. The van der Waals surface area contributed by atoms with Crippen LogP contribution in [0.4, 0.5) is 18.9 Å². The average Bonchev–Trinajstić information content (AvgIpc) is 2.97. The largest absolute Gasteiger partial charge is 0.573 e. The van der Waals surface area contributed by atoms with Crippen molar-refractivity contribution in [2.24, 2.45) is 0 Å². The lowest BCUT2D eigenvalue weighted by atomic mass is 9.97. The number of carboxylic acid groups (broad SMARTS) is 1. The highest BCUT2D eigenvalue weighted by Crippen LogP contribution is 2.31. The third-order valence-electron chi connectivity index (χ3n) is 7.18. The number of halogens is 3. The summed E-state index contributed by atoms with van der Waals surface area (Å²) in [4.78, 5) is 26.7. The summed E-state index contributed by atoms with van der Waals surface area (Å²) in [5.74, 6) is -1.49. The Hall–Kier alpha value is -4.79. The first-order chi connectivity index (χ1) is 20.2. The molecule has 5 rings (SSSR count). The number of carboxylic acids is 1. The predicted molar refractivity (Wildman–Crippen MR) is 154 cm³/mol. The molecule has 1 heterocycles. The number of alkyl halides is 3. The fraction of sp³-hybridized carbons (Fsp3) is 0.212. The normalized spacial score (nSPS) is 12.9. The first kappa shape index (κ1) is 28.7. The van der Waals surface area contributed by atoms with Crippen molar-refractivity contribution in [3.63, 3.8) is 0 Å². The zero-order valence-electron chi connectivity index (χ0n) is 22.7. The summed E-state index contributed by atoms with van der Waals surface area (Å²) in [5.41, 5.74) is 6.18. The number of hydrogen-bond acceptors (Lipinski definition) is 4. The van der Waals surface area contributed by atoms with E-state index in [1.54, 1.807) is 30.3 Å². The van der Waals surface area contributed by atoms with Crippen LogP contribution in [0.25, 0.3) is 11.1 Å². The third kappa shape index (κ3) is 7.09. The van der Waals surface area contributed by atoms with Crippen molar-refractivity contribution in [3.05, 3.63) is 119 Å². The topological polar surface area (TPSA) is 78.9 Å². The number of hydrogen-bond donors (Lipinski definition) is 2. The van der Waals surface area contributed by atoms with Gasteiger partial charge in [-0.3, -0.25) is 4.79 Å². The molecule has 42 heavy (non-hydrogen) atoms. The quantitative estimate of drug-likeness (QED) is 0.228. The molecule has 1 aliphatic heterocycles. The molecule has 4 aromatic carbocycles. The predicted octanol–water partition coefficient (Wildman–Crippen LogP) is 6.88. The van der Waals surface area contributed by atoms with Crippen LogP contribution < -0.4 is 15.0 Å². The number of ether oxygens (including phenoxy) is 1. The Morgan fingerprint density at radius 3 is 2.45 bits per heavy atom. The van der Waals surface area contributed by atoms with Gasteiger partial charge in [-0.15, -0.1) is 13.2 Å². The van der Waals surface area contributed by atoms with E-state index in [9.17, 15) is 27.9 Å². The van der Waals surface area contributed by atoms with Crippen LogP contribution in [-0.4, -0.2) is 36.4 Å². The summed E-state index contributed by atoms with van der Waals surface area (Å²) in [6.07, 6.45) is -2.60. The second-order valence-corrected chi connectivity index (χ2v) is 10.1. The van der Waals surface area contributed by atoms with E-state index in [0.717, 1.165) is 41.8 Å². The van der Waals surface area contributed by atoms with Crippen molar-refractivity contribution < 1.29 is 32.6 Å². The van der Waals surface area contributed by atoms with Gasteiger partial charge in [-0.25, -0.2) is 4.79 Å². The van der Waals surface area contributed by atoms with E-state index in [0.29, 0.717) is 29.7 Å². The zero-order valence-corrected chi connectivity index (χ0v) is 22.7. The number of aryl methyl sites for hydroxylation is 1. The molecule has 0 radical (unpaired) electrons. The number of carbonyl (C=O) groups excluding carboxylic acids is 1. The lowest BCUT2D eigenvalue weighted by Crippen LogP contribution is -2.30. The summed E-state index contributed by atoms with van der Waals surface area (Å²) in [5, 5.41) is 12.4. The van der Waals surface area contributed by atoms with Crippen molar-refractivity contribution in [2.45, 2.75) is 32.2 Å². The van der Waals surface area contributed by atoms with Crippen LogP contribution in [0, 0.1) is 0 Å². The summed E-state index contributed by atoms with van der Waals surface area (Å²) in [7, 11) is 0. The van der Waals surface area contributed by atoms with E-state index in [2.05, 4.69) is 15.0 Å². The molecular weight excluding hydrogens is 545 g/mol. The molecular formula is C33H29F3N2O4. The Balaban J connectivity index is 1.20. The standard InChI is InChI=1S/C33H29F3N2O4/c34-33(35,36)42-27-7-3-5-22(19-27)16-17-37-31(39)26-14-15-30-25(20-26)6-4-18-38(30)21-23-10-12-24(13-11-23)28-8-1-2-9-29(28)32(40)41/h1-3,5,7-15,19-20H,4,6,16-18,21H2,(H,37,39)(H,40,41). The Morgan fingerprint density at radius 2 is 1.69 bits per heavy atom. The van der Waals surface area contributed by atoms with Gasteiger partial charge in [0.1, 0.15) is 5.75 Å². The van der Waals surface area contributed by atoms with Gasteiger partial charge in [0.25, 0.3) is 5.91 Å². The summed E-state index contributed by atoms with van der Waals surface area (Å²) in [6.45, 7) is 1.82. The first-order valence-corrected chi connectivity index (χ1v) is 13.6. The molecule has 0 atom stereocenters. The Bertz CT molecular complexity index is 1590. The first-order valence-electron chi connectivity index (χ1n) is 13.6. The van der Waals surface area contributed by atoms with Gasteiger partial charge >= 0.3 is 12.3 Å². The number of anilines is 1. The maximum absolute atomic E-state index is 12.8. The van der Waals surface area contributed by atoms with Gasteiger partial charge in [0.15, 0.2) is 0 Å². The van der Waals surface area contributed by atoms with Gasteiger partial charge in [-0.2, -0.15) is 0 Å². The molecule has 0 aromatic heterocycles. The van der Waals surface area contributed by atoms with Crippen LogP contribution in [0.5, 0.6) is 5.75 Å². The maximum Gasteiger partial charge on any atom is 0.573 e. The maximum atomic E-state index is 12.8. The molecule has 216 valence electrons. The third-order valence-corrected chi connectivity index (χ3v) is 7.18. The van der Waals surface area contributed by atoms with E-state index in [4.69, 9.17) is 0 Å². The molecule has 0 saturated carbocycles. The molecule has 0 fully saturated rings. The fourth-order valence-electron chi connectivity index (χ4n) is 5.23.